The van der Waals surface area contributed by atoms with Crippen molar-refractivity contribution >= 4 is 16.7 Å². The average molecular weight is 389 g/mol. The average Bonchev–Trinajstić information content (AvgIpc) is 3.02. The van der Waals surface area contributed by atoms with Gasteiger partial charge in [-0.1, -0.05) is 31.2 Å². The minimum Gasteiger partial charge on any atom is -0.492 e. The van der Waals surface area contributed by atoms with Crippen molar-refractivity contribution in [3.05, 3.63) is 64.8 Å². The number of carbonyl (C=O) groups is 1. The first kappa shape index (κ1) is 20.0. The number of ketones is 1. The number of hydrogen-bond acceptors (Lipinski definition) is 2. The van der Waals surface area contributed by atoms with E-state index in [1.807, 2.05) is 45.0 Å². The number of para-hydroxylation sites is 1. The predicted octanol–water partition coefficient (Wildman–Crippen LogP) is 5.64. The molecule has 28 heavy (non-hydrogen) atoms. The molecule has 6 heteroatoms. The van der Waals surface area contributed by atoms with Gasteiger partial charge in [-0.2, -0.15) is 13.2 Å². The second-order valence-corrected chi connectivity index (χ2v) is 6.82. The third-order valence-electron chi connectivity index (χ3n) is 4.94. The number of alkyl halides is 3. The Hall–Kier alpha value is -2.76. The van der Waals surface area contributed by atoms with E-state index in [4.69, 9.17) is 4.74 Å². The summed E-state index contributed by atoms with van der Waals surface area (Å²) in [6.45, 7) is 6.55. The Morgan fingerprint density at radius 3 is 2.50 bits per heavy atom. The van der Waals surface area contributed by atoms with Crippen molar-refractivity contribution in [1.82, 2.24) is 4.57 Å². The lowest BCUT2D eigenvalue weighted by atomic mass is 10.0. The number of halogens is 3. The van der Waals surface area contributed by atoms with Crippen molar-refractivity contribution in [3.63, 3.8) is 0 Å². The molecule has 0 fully saturated rings. The molecule has 0 aliphatic heterocycles. The van der Waals surface area contributed by atoms with Gasteiger partial charge in [0.1, 0.15) is 12.4 Å². The van der Waals surface area contributed by atoms with Crippen LogP contribution < -0.4 is 4.74 Å². The van der Waals surface area contributed by atoms with E-state index in [1.165, 1.54) is 6.20 Å². The molecule has 0 saturated carbocycles. The fraction of sp³-hybridized carbons (Fsp3) is 0.318. The van der Waals surface area contributed by atoms with Crippen molar-refractivity contribution in [1.29, 1.82) is 0 Å². The van der Waals surface area contributed by atoms with Gasteiger partial charge in [0.2, 0.25) is 0 Å². The molecule has 0 aliphatic carbocycles. The van der Waals surface area contributed by atoms with Gasteiger partial charge in [-0.15, -0.1) is 0 Å². The highest BCUT2D eigenvalue weighted by molar-refractivity contribution is 6.11. The number of ether oxygens (including phenoxy) is 1. The number of Topliss-reactive ketones (excluding diaryl/α,β-unsaturated/α-hetero) is 1. The highest BCUT2D eigenvalue weighted by Gasteiger charge is 2.41. The summed E-state index contributed by atoms with van der Waals surface area (Å²) in [4.78, 5) is 11.9. The zero-order chi connectivity index (χ0) is 20.5. The van der Waals surface area contributed by atoms with Crippen LogP contribution >= 0.6 is 0 Å². The summed E-state index contributed by atoms with van der Waals surface area (Å²) in [5.74, 6) is -1.11. The third-order valence-corrected chi connectivity index (χ3v) is 4.94. The van der Waals surface area contributed by atoms with Gasteiger partial charge >= 0.3 is 6.18 Å². The SMILES string of the molecule is CCc1cccc2c(C(=O)C(F)(F)F)cn(CCOc3ccc(C)c(C)c3)c12. The van der Waals surface area contributed by atoms with Crippen LogP contribution in [0.15, 0.2) is 42.6 Å². The Morgan fingerprint density at radius 2 is 1.86 bits per heavy atom. The molecule has 148 valence electrons. The molecule has 0 atom stereocenters. The minimum atomic E-state index is -4.91. The second kappa shape index (κ2) is 7.70. The topological polar surface area (TPSA) is 31.2 Å². The molecule has 0 aliphatic rings. The van der Waals surface area contributed by atoms with Crippen LogP contribution in [0.2, 0.25) is 0 Å². The fourth-order valence-corrected chi connectivity index (χ4v) is 3.30. The van der Waals surface area contributed by atoms with Crippen molar-refractivity contribution in [2.75, 3.05) is 6.61 Å². The lowest BCUT2D eigenvalue weighted by Crippen LogP contribution is -2.22. The Morgan fingerprint density at radius 1 is 1.11 bits per heavy atom. The predicted molar refractivity (Wildman–Crippen MR) is 103 cm³/mol. The fourth-order valence-electron chi connectivity index (χ4n) is 3.30. The number of aryl methyl sites for hydroxylation is 3. The number of carbonyl (C=O) groups excluding carboxylic acids is 1. The van der Waals surface area contributed by atoms with Gasteiger partial charge in [-0.25, -0.2) is 0 Å². The van der Waals surface area contributed by atoms with E-state index in [-0.39, 0.29) is 12.2 Å². The molecule has 1 aromatic heterocycles. The molecule has 0 N–H and O–H groups in total. The van der Waals surface area contributed by atoms with Gasteiger partial charge in [0.25, 0.3) is 5.78 Å². The Balaban J connectivity index is 1.91. The first-order valence-corrected chi connectivity index (χ1v) is 9.14. The molecule has 0 spiro atoms. The van der Waals surface area contributed by atoms with E-state index < -0.39 is 12.0 Å². The molecule has 0 radical (unpaired) electrons. The lowest BCUT2D eigenvalue weighted by Gasteiger charge is -2.11. The highest BCUT2D eigenvalue weighted by Crippen LogP contribution is 2.30. The highest BCUT2D eigenvalue weighted by atomic mass is 19.4. The molecule has 0 saturated heterocycles. The van der Waals surface area contributed by atoms with E-state index in [1.54, 1.807) is 16.7 Å². The zero-order valence-electron chi connectivity index (χ0n) is 16.1. The number of aromatic nitrogens is 1. The molecule has 3 nitrogen and oxygen atoms in total. The molecule has 3 rings (SSSR count). The Bertz CT molecular complexity index is 1020. The standard InChI is InChI=1S/C22H22F3NO2/c1-4-16-6-5-7-18-19(21(27)22(23,24)25)13-26(20(16)18)10-11-28-17-9-8-14(2)15(3)12-17/h5-9,12-13H,4,10-11H2,1-3H3. The molecule has 0 unspecified atom stereocenters. The minimum absolute atomic E-state index is 0.282. The molecule has 2 aromatic carbocycles. The molecule has 1 heterocycles. The maximum atomic E-state index is 13.0. The monoisotopic (exact) mass is 389 g/mol. The smallest absolute Gasteiger partial charge is 0.454 e. The number of rotatable bonds is 6. The van der Waals surface area contributed by atoms with Crippen molar-refractivity contribution < 1.29 is 22.7 Å². The molecule has 3 aromatic rings. The molecule has 0 amide bonds. The Kier molecular flexibility index (Phi) is 5.49. The van der Waals surface area contributed by atoms with Crippen molar-refractivity contribution in [2.24, 2.45) is 0 Å². The van der Waals surface area contributed by atoms with Crippen LogP contribution in [-0.2, 0) is 13.0 Å². The summed E-state index contributed by atoms with van der Waals surface area (Å²) in [7, 11) is 0. The van der Waals surface area contributed by atoms with Crippen LogP contribution in [0.5, 0.6) is 5.75 Å². The van der Waals surface area contributed by atoms with Gasteiger partial charge in [0.05, 0.1) is 17.6 Å². The summed E-state index contributed by atoms with van der Waals surface area (Å²) >= 11 is 0. The molecular weight excluding hydrogens is 367 g/mol. The van der Waals surface area contributed by atoms with Crippen molar-refractivity contribution in [3.8, 4) is 5.75 Å². The van der Waals surface area contributed by atoms with Crippen LogP contribution in [0.1, 0.15) is 34.0 Å². The van der Waals surface area contributed by atoms with E-state index >= 15 is 0 Å². The van der Waals surface area contributed by atoms with Gasteiger partial charge in [-0.05, 0) is 49.1 Å². The largest absolute Gasteiger partial charge is 0.492 e. The second-order valence-electron chi connectivity index (χ2n) is 6.82. The van der Waals surface area contributed by atoms with Gasteiger partial charge in [0, 0.05) is 11.6 Å². The number of hydrogen-bond donors (Lipinski definition) is 0. The maximum Gasteiger partial charge on any atom is 0.454 e. The lowest BCUT2D eigenvalue weighted by molar-refractivity contribution is -0.0884. The maximum absolute atomic E-state index is 13.0. The van der Waals surface area contributed by atoms with E-state index in [9.17, 15) is 18.0 Å². The first-order valence-electron chi connectivity index (χ1n) is 9.14. The van der Waals surface area contributed by atoms with Crippen LogP contribution in [0.3, 0.4) is 0 Å². The van der Waals surface area contributed by atoms with Crippen LogP contribution in [-0.4, -0.2) is 23.1 Å². The zero-order valence-corrected chi connectivity index (χ0v) is 16.1. The number of benzene rings is 2. The van der Waals surface area contributed by atoms with E-state index in [2.05, 4.69) is 0 Å². The molecular formula is C22H22F3NO2. The van der Waals surface area contributed by atoms with Crippen LogP contribution in [0.4, 0.5) is 13.2 Å². The molecule has 0 bridgehead atoms. The van der Waals surface area contributed by atoms with E-state index in [0.717, 1.165) is 16.7 Å². The third kappa shape index (κ3) is 3.91. The first-order chi connectivity index (χ1) is 13.2. The van der Waals surface area contributed by atoms with Gasteiger partial charge in [-0.3, -0.25) is 4.79 Å². The summed E-state index contributed by atoms with van der Waals surface area (Å²) in [6.07, 6.45) is -2.96. The summed E-state index contributed by atoms with van der Waals surface area (Å²) in [5, 5.41) is 0.327. The number of fused-ring (bicyclic) bond motifs is 1. The summed E-state index contributed by atoms with van der Waals surface area (Å²) < 4.78 is 46.5. The van der Waals surface area contributed by atoms with Crippen LogP contribution in [0, 0.1) is 13.8 Å². The van der Waals surface area contributed by atoms with Crippen LogP contribution in [0.25, 0.3) is 10.9 Å². The summed E-state index contributed by atoms with van der Waals surface area (Å²) in [6, 6.07) is 10.9. The normalized spacial score (nSPS) is 11.8. The quantitative estimate of drug-likeness (QED) is 0.511. The van der Waals surface area contributed by atoms with Crippen molar-refractivity contribution in [2.45, 2.75) is 39.9 Å². The van der Waals surface area contributed by atoms with Gasteiger partial charge < -0.3 is 9.30 Å². The summed E-state index contributed by atoms with van der Waals surface area (Å²) in [5.41, 5.74) is 3.50. The van der Waals surface area contributed by atoms with E-state index in [0.29, 0.717) is 29.6 Å². The van der Waals surface area contributed by atoms with Gasteiger partial charge in [0.15, 0.2) is 0 Å². The number of nitrogens with zero attached hydrogens (tertiary/aromatic N) is 1. The Labute approximate surface area is 161 Å².